The second kappa shape index (κ2) is 5.33. The Balaban J connectivity index is 2.34. The third-order valence-corrected chi connectivity index (χ3v) is 4.33. The standard InChI is InChI=1S/C16H23NO2/c1-11-4-5-12(2)13(8-11)9-16(10-17,14-6-7-14)15(18)19-3/h4-5,8,14H,6-7,9-10,17H2,1-3H3. The fourth-order valence-electron chi connectivity index (χ4n) is 2.88. The molecule has 1 aromatic carbocycles. The number of benzene rings is 1. The van der Waals surface area contributed by atoms with Crippen LogP contribution in [0.25, 0.3) is 0 Å². The summed E-state index contributed by atoms with van der Waals surface area (Å²) in [5.41, 5.74) is 9.07. The Hall–Kier alpha value is -1.35. The molecule has 3 heteroatoms. The Morgan fingerprint density at radius 2 is 2.11 bits per heavy atom. The van der Waals surface area contributed by atoms with E-state index in [0.29, 0.717) is 18.9 Å². The predicted octanol–water partition coefficient (Wildman–Crippen LogP) is 2.37. The average Bonchev–Trinajstić information content (AvgIpc) is 3.23. The van der Waals surface area contributed by atoms with Gasteiger partial charge >= 0.3 is 5.97 Å². The minimum atomic E-state index is -0.534. The summed E-state index contributed by atoms with van der Waals surface area (Å²) in [7, 11) is 1.46. The molecule has 0 radical (unpaired) electrons. The van der Waals surface area contributed by atoms with E-state index in [2.05, 4.69) is 32.0 Å². The lowest BCUT2D eigenvalue weighted by atomic mass is 9.76. The number of ether oxygens (including phenoxy) is 1. The number of nitrogens with two attached hydrogens (primary N) is 1. The zero-order valence-electron chi connectivity index (χ0n) is 12.0. The monoisotopic (exact) mass is 261 g/mol. The van der Waals surface area contributed by atoms with Crippen LogP contribution in [-0.2, 0) is 16.0 Å². The molecule has 0 aliphatic heterocycles. The molecule has 19 heavy (non-hydrogen) atoms. The van der Waals surface area contributed by atoms with Crippen molar-refractivity contribution in [3.8, 4) is 0 Å². The number of hydrogen-bond acceptors (Lipinski definition) is 3. The van der Waals surface area contributed by atoms with E-state index in [1.807, 2.05) is 0 Å². The minimum absolute atomic E-state index is 0.154. The number of hydrogen-bond donors (Lipinski definition) is 1. The van der Waals surface area contributed by atoms with Crippen LogP contribution in [0.3, 0.4) is 0 Å². The van der Waals surface area contributed by atoms with Gasteiger partial charge in [-0.1, -0.05) is 23.8 Å². The SMILES string of the molecule is COC(=O)C(CN)(Cc1cc(C)ccc1C)C1CC1. The van der Waals surface area contributed by atoms with Crippen LogP contribution < -0.4 is 5.73 Å². The molecule has 0 aromatic heterocycles. The van der Waals surface area contributed by atoms with Gasteiger partial charge in [0.25, 0.3) is 0 Å². The van der Waals surface area contributed by atoms with Gasteiger partial charge in [-0.2, -0.15) is 0 Å². The number of carbonyl (C=O) groups is 1. The third kappa shape index (κ3) is 2.66. The van der Waals surface area contributed by atoms with E-state index in [1.165, 1.54) is 23.8 Å². The molecule has 104 valence electrons. The van der Waals surface area contributed by atoms with Crippen LogP contribution in [0.2, 0.25) is 0 Å². The first-order valence-corrected chi connectivity index (χ1v) is 6.88. The van der Waals surface area contributed by atoms with Crippen molar-refractivity contribution in [3.05, 3.63) is 34.9 Å². The molecule has 0 heterocycles. The third-order valence-electron chi connectivity index (χ3n) is 4.33. The van der Waals surface area contributed by atoms with Crippen molar-refractivity contribution in [3.63, 3.8) is 0 Å². The topological polar surface area (TPSA) is 52.3 Å². The van der Waals surface area contributed by atoms with E-state index < -0.39 is 5.41 Å². The Morgan fingerprint density at radius 3 is 2.63 bits per heavy atom. The molecule has 1 unspecified atom stereocenters. The van der Waals surface area contributed by atoms with Crippen LogP contribution in [-0.4, -0.2) is 19.6 Å². The van der Waals surface area contributed by atoms with Gasteiger partial charge in [0.2, 0.25) is 0 Å². The highest BCUT2D eigenvalue weighted by molar-refractivity contribution is 5.78. The summed E-state index contributed by atoms with van der Waals surface area (Å²) in [5, 5.41) is 0. The zero-order valence-corrected chi connectivity index (χ0v) is 12.0. The normalized spacial score (nSPS) is 17.9. The second-order valence-electron chi connectivity index (χ2n) is 5.73. The van der Waals surface area contributed by atoms with Crippen LogP contribution >= 0.6 is 0 Å². The van der Waals surface area contributed by atoms with Gasteiger partial charge in [-0.25, -0.2) is 0 Å². The molecule has 1 aliphatic rings. The van der Waals surface area contributed by atoms with Crippen LogP contribution in [0.15, 0.2) is 18.2 Å². The highest BCUT2D eigenvalue weighted by atomic mass is 16.5. The molecule has 1 atom stereocenters. The van der Waals surface area contributed by atoms with E-state index >= 15 is 0 Å². The number of rotatable bonds is 5. The number of esters is 1. The summed E-state index contributed by atoms with van der Waals surface area (Å²) in [6, 6.07) is 6.36. The number of aryl methyl sites for hydroxylation is 2. The number of carbonyl (C=O) groups excluding carboxylic acids is 1. The number of methoxy groups -OCH3 is 1. The predicted molar refractivity (Wildman–Crippen MR) is 75.8 cm³/mol. The van der Waals surface area contributed by atoms with Gasteiger partial charge in [0.1, 0.15) is 0 Å². The maximum Gasteiger partial charge on any atom is 0.313 e. The molecule has 3 nitrogen and oxygen atoms in total. The summed E-state index contributed by atoms with van der Waals surface area (Å²) < 4.78 is 5.03. The van der Waals surface area contributed by atoms with Crippen molar-refractivity contribution in [2.45, 2.75) is 33.1 Å². The lowest BCUT2D eigenvalue weighted by molar-refractivity contribution is -0.153. The average molecular weight is 261 g/mol. The lowest BCUT2D eigenvalue weighted by Gasteiger charge is -2.30. The Morgan fingerprint density at radius 1 is 1.42 bits per heavy atom. The smallest absolute Gasteiger partial charge is 0.313 e. The first-order valence-electron chi connectivity index (χ1n) is 6.88. The van der Waals surface area contributed by atoms with Gasteiger partial charge in [0, 0.05) is 6.54 Å². The van der Waals surface area contributed by atoms with Gasteiger partial charge in [0.15, 0.2) is 0 Å². The molecule has 1 fully saturated rings. The molecule has 0 spiro atoms. The van der Waals surface area contributed by atoms with Crippen LogP contribution in [0.5, 0.6) is 0 Å². The molecule has 2 N–H and O–H groups in total. The van der Waals surface area contributed by atoms with Gasteiger partial charge in [-0.05, 0) is 50.2 Å². The minimum Gasteiger partial charge on any atom is -0.469 e. The Labute approximate surface area is 115 Å². The summed E-state index contributed by atoms with van der Waals surface area (Å²) in [4.78, 5) is 12.2. The van der Waals surface area contributed by atoms with E-state index in [1.54, 1.807) is 0 Å². The largest absolute Gasteiger partial charge is 0.469 e. The van der Waals surface area contributed by atoms with Crippen molar-refractivity contribution in [2.24, 2.45) is 17.1 Å². The molecule has 1 saturated carbocycles. The molecular weight excluding hydrogens is 238 g/mol. The Bertz CT molecular complexity index is 480. The maximum atomic E-state index is 12.2. The fraction of sp³-hybridized carbons (Fsp3) is 0.562. The van der Waals surface area contributed by atoms with Crippen molar-refractivity contribution in [1.82, 2.24) is 0 Å². The highest BCUT2D eigenvalue weighted by Crippen LogP contribution is 2.48. The quantitative estimate of drug-likeness (QED) is 0.828. The van der Waals surface area contributed by atoms with Crippen molar-refractivity contribution in [2.75, 3.05) is 13.7 Å². The van der Waals surface area contributed by atoms with Gasteiger partial charge in [-0.3, -0.25) is 4.79 Å². The van der Waals surface area contributed by atoms with Gasteiger partial charge in [-0.15, -0.1) is 0 Å². The maximum absolute atomic E-state index is 12.2. The zero-order chi connectivity index (χ0) is 14.0. The second-order valence-corrected chi connectivity index (χ2v) is 5.73. The molecule has 1 aromatic rings. The fourth-order valence-corrected chi connectivity index (χ4v) is 2.88. The van der Waals surface area contributed by atoms with Gasteiger partial charge < -0.3 is 10.5 Å². The highest BCUT2D eigenvalue weighted by Gasteiger charge is 2.50. The van der Waals surface area contributed by atoms with Crippen molar-refractivity contribution in [1.29, 1.82) is 0 Å². The first-order chi connectivity index (χ1) is 9.03. The van der Waals surface area contributed by atoms with Crippen LogP contribution in [0, 0.1) is 25.2 Å². The molecule has 0 amide bonds. The van der Waals surface area contributed by atoms with E-state index in [9.17, 15) is 4.79 Å². The van der Waals surface area contributed by atoms with E-state index in [0.717, 1.165) is 12.8 Å². The summed E-state index contributed by atoms with van der Waals surface area (Å²) in [5.74, 6) is 0.225. The van der Waals surface area contributed by atoms with Gasteiger partial charge in [0.05, 0.1) is 12.5 Å². The van der Waals surface area contributed by atoms with Crippen LogP contribution in [0.4, 0.5) is 0 Å². The van der Waals surface area contributed by atoms with E-state index in [4.69, 9.17) is 10.5 Å². The Kier molecular flexibility index (Phi) is 3.95. The molecule has 1 aliphatic carbocycles. The lowest BCUT2D eigenvalue weighted by Crippen LogP contribution is -2.43. The summed E-state index contributed by atoms with van der Waals surface area (Å²) >= 11 is 0. The molecule has 2 rings (SSSR count). The molecule has 0 bridgehead atoms. The summed E-state index contributed by atoms with van der Waals surface area (Å²) in [6.07, 6.45) is 2.85. The molecule has 0 saturated heterocycles. The van der Waals surface area contributed by atoms with Crippen molar-refractivity contribution >= 4 is 5.97 Å². The summed E-state index contributed by atoms with van der Waals surface area (Å²) in [6.45, 7) is 4.51. The first kappa shape index (κ1) is 14.1. The molecular formula is C16H23NO2. The van der Waals surface area contributed by atoms with E-state index in [-0.39, 0.29) is 5.97 Å². The van der Waals surface area contributed by atoms with Crippen molar-refractivity contribution < 1.29 is 9.53 Å². The van der Waals surface area contributed by atoms with Crippen LogP contribution in [0.1, 0.15) is 29.5 Å².